The van der Waals surface area contributed by atoms with Gasteiger partial charge in [0.1, 0.15) is 0 Å². The zero-order valence-electron chi connectivity index (χ0n) is 11.7. The van der Waals surface area contributed by atoms with Crippen molar-refractivity contribution in [1.29, 1.82) is 0 Å². The summed E-state index contributed by atoms with van der Waals surface area (Å²) in [4.78, 5) is 23.5. The zero-order chi connectivity index (χ0) is 15.2. The van der Waals surface area contributed by atoms with E-state index in [0.717, 1.165) is 11.1 Å². The molecule has 2 aromatic rings. The molecule has 0 saturated heterocycles. The van der Waals surface area contributed by atoms with Crippen LogP contribution in [-0.4, -0.2) is 11.8 Å². The van der Waals surface area contributed by atoms with Gasteiger partial charge in [0.2, 0.25) is 0 Å². The predicted molar refractivity (Wildman–Crippen MR) is 82.5 cm³/mol. The number of benzene rings is 2. The first kappa shape index (κ1) is 14.6. The van der Waals surface area contributed by atoms with Crippen LogP contribution >= 0.6 is 0 Å². The molecule has 0 aliphatic carbocycles. The first-order valence-electron chi connectivity index (χ1n) is 6.55. The molecule has 0 heterocycles. The Morgan fingerprint density at radius 1 is 1.05 bits per heavy atom. The minimum Gasteiger partial charge on any atom is -0.397 e. The molecule has 0 atom stereocenters. The molecule has 5 nitrogen and oxygen atoms in total. The van der Waals surface area contributed by atoms with Crippen LogP contribution in [0.25, 0.3) is 0 Å². The highest BCUT2D eigenvalue weighted by Crippen LogP contribution is 2.19. The van der Waals surface area contributed by atoms with Gasteiger partial charge in [-0.25, -0.2) is 0 Å². The maximum Gasteiger partial charge on any atom is 0.313 e. The van der Waals surface area contributed by atoms with Gasteiger partial charge in [-0.1, -0.05) is 36.4 Å². The van der Waals surface area contributed by atoms with Crippen LogP contribution in [0.3, 0.4) is 0 Å². The first-order valence-corrected chi connectivity index (χ1v) is 6.55. The van der Waals surface area contributed by atoms with Gasteiger partial charge >= 0.3 is 11.8 Å². The fourth-order valence-corrected chi connectivity index (χ4v) is 1.83. The van der Waals surface area contributed by atoms with Crippen LogP contribution in [0.1, 0.15) is 11.1 Å². The topological polar surface area (TPSA) is 84.2 Å². The molecule has 2 aromatic carbocycles. The van der Waals surface area contributed by atoms with Gasteiger partial charge in [-0.05, 0) is 30.2 Å². The number of amides is 2. The van der Waals surface area contributed by atoms with E-state index in [2.05, 4.69) is 10.6 Å². The lowest BCUT2D eigenvalue weighted by atomic mass is 10.2. The number of hydrogen-bond donors (Lipinski definition) is 3. The van der Waals surface area contributed by atoms with Crippen molar-refractivity contribution in [2.75, 3.05) is 11.1 Å². The van der Waals surface area contributed by atoms with E-state index >= 15 is 0 Å². The maximum atomic E-state index is 11.8. The molecule has 2 amide bonds. The Labute approximate surface area is 123 Å². The van der Waals surface area contributed by atoms with Crippen LogP contribution in [0.2, 0.25) is 0 Å². The minimum absolute atomic E-state index is 0.302. The van der Waals surface area contributed by atoms with Crippen molar-refractivity contribution in [3.05, 3.63) is 59.7 Å². The molecule has 4 N–H and O–H groups in total. The van der Waals surface area contributed by atoms with E-state index in [1.807, 2.05) is 43.3 Å². The molecule has 21 heavy (non-hydrogen) atoms. The molecule has 0 aromatic heterocycles. The lowest BCUT2D eigenvalue weighted by molar-refractivity contribution is -0.136. The van der Waals surface area contributed by atoms with Gasteiger partial charge < -0.3 is 16.4 Å². The molecule has 0 radical (unpaired) electrons. The summed E-state index contributed by atoms with van der Waals surface area (Å²) in [6.07, 6.45) is 0. The quantitative estimate of drug-likeness (QED) is 0.593. The standard InChI is InChI=1S/C16H17N3O2/c1-11-7-8-14(13(17)9-11)19-16(21)15(20)18-10-12-5-3-2-4-6-12/h2-9H,10,17H2,1H3,(H,18,20)(H,19,21). The largest absolute Gasteiger partial charge is 0.397 e. The van der Waals surface area contributed by atoms with E-state index in [1.165, 1.54) is 0 Å². The Bertz CT molecular complexity index is 654. The number of carbonyl (C=O) groups excluding carboxylic acids is 2. The molecular formula is C16H17N3O2. The van der Waals surface area contributed by atoms with Gasteiger partial charge in [-0.2, -0.15) is 0 Å². The van der Waals surface area contributed by atoms with Crippen molar-refractivity contribution < 1.29 is 9.59 Å². The second kappa shape index (κ2) is 6.56. The summed E-state index contributed by atoms with van der Waals surface area (Å²) in [5.41, 5.74) is 8.56. The number of anilines is 2. The van der Waals surface area contributed by atoms with Gasteiger partial charge in [0.25, 0.3) is 0 Å². The summed E-state index contributed by atoms with van der Waals surface area (Å²) in [6, 6.07) is 14.6. The van der Waals surface area contributed by atoms with Crippen molar-refractivity contribution in [3.63, 3.8) is 0 Å². The van der Waals surface area contributed by atoms with E-state index in [0.29, 0.717) is 17.9 Å². The number of nitrogens with one attached hydrogen (secondary N) is 2. The molecule has 0 spiro atoms. The highest BCUT2D eigenvalue weighted by atomic mass is 16.2. The Balaban J connectivity index is 1.92. The second-order valence-corrected chi connectivity index (χ2v) is 4.71. The van der Waals surface area contributed by atoms with Crippen LogP contribution < -0.4 is 16.4 Å². The summed E-state index contributed by atoms with van der Waals surface area (Å²) >= 11 is 0. The summed E-state index contributed by atoms with van der Waals surface area (Å²) in [7, 11) is 0. The monoisotopic (exact) mass is 283 g/mol. The molecule has 0 aliphatic heterocycles. The number of aryl methyl sites for hydroxylation is 1. The molecule has 2 rings (SSSR count). The van der Waals surface area contributed by atoms with Crippen LogP contribution in [0, 0.1) is 6.92 Å². The van der Waals surface area contributed by atoms with Crippen LogP contribution in [-0.2, 0) is 16.1 Å². The Morgan fingerprint density at radius 3 is 2.43 bits per heavy atom. The average molecular weight is 283 g/mol. The fourth-order valence-electron chi connectivity index (χ4n) is 1.83. The van der Waals surface area contributed by atoms with Gasteiger partial charge in [-0.3, -0.25) is 9.59 Å². The van der Waals surface area contributed by atoms with E-state index in [9.17, 15) is 9.59 Å². The molecule has 0 bridgehead atoms. The molecule has 0 saturated carbocycles. The third kappa shape index (κ3) is 4.07. The Kier molecular flexibility index (Phi) is 4.56. The lowest BCUT2D eigenvalue weighted by Crippen LogP contribution is -2.35. The molecule has 0 unspecified atom stereocenters. The maximum absolute atomic E-state index is 11.8. The van der Waals surface area contributed by atoms with Gasteiger partial charge in [0.15, 0.2) is 0 Å². The fraction of sp³-hybridized carbons (Fsp3) is 0.125. The molecule has 5 heteroatoms. The third-order valence-corrected chi connectivity index (χ3v) is 2.96. The minimum atomic E-state index is -0.735. The summed E-state index contributed by atoms with van der Waals surface area (Å²) in [6.45, 7) is 2.20. The van der Waals surface area contributed by atoms with Crippen LogP contribution in [0.5, 0.6) is 0 Å². The molecule has 108 valence electrons. The van der Waals surface area contributed by atoms with Crippen LogP contribution in [0.15, 0.2) is 48.5 Å². The number of hydrogen-bond acceptors (Lipinski definition) is 3. The molecular weight excluding hydrogens is 266 g/mol. The summed E-state index contributed by atoms with van der Waals surface area (Å²) < 4.78 is 0. The molecule has 0 fully saturated rings. The SMILES string of the molecule is Cc1ccc(NC(=O)C(=O)NCc2ccccc2)c(N)c1. The number of rotatable bonds is 3. The number of carbonyl (C=O) groups is 2. The van der Waals surface area contributed by atoms with Gasteiger partial charge in [0, 0.05) is 6.54 Å². The Morgan fingerprint density at radius 2 is 1.76 bits per heavy atom. The van der Waals surface area contributed by atoms with Gasteiger partial charge in [0.05, 0.1) is 11.4 Å². The van der Waals surface area contributed by atoms with Crippen molar-refractivity contribution in [1.82, 2.24) is 5.32 Å². The van der Waals surface area contributed by atoms with E-state index in [1.54, 1.807) is 12.1 Å². The zero-order valence-corrected chi connectivity index (χ0v) is 11.7. The van der Waals surface area contributed by atoms with E-state index in [4.69, 9.17) is 5.73 Å². The van der Waals surface area contributed by atoms with Crippen molar-refractivity contribution >= 4 is 23.2 Å². The van der Waals surface area contributed by atoms with Gasteiger partial charge in [-0.15, -0.1) is 0 Å². The normalized spacial score (nSPS) is 9.95. The van der Waals surface area contributed by atoms with Crippen molar-refractivity contribution in [2.45, 2.75) is 13.5 Å². The summed E-state index contributed by atoms with van der Waals surface area (Å²) in [5.74, 6) is -1.43. The first-order chi connectivity index (χ1) is 10.1. The average Bonchev–Trinajstić information content (AvgIpc) is 2.48. The lowest BCUT2D eigenvalue weighted by Gasteiger charge is -2.09. The predicted octanol–water partition coefficient (Wildman–Crippen LogP) is 1.83. The number of nitrogens with two attached hydrogens (primary N) is 1. The summed E-state index contributed by atoms with van der Waals surface area (Å²) in [5, 5.41) is 5.06. The highest BCUT2D eigenvalue weighted by molar-refractivity contribution is 6.39. The van der Waals surface area contributed by atoms with E-state index in [-0.39, 0.29) is 0 Å². The number of nitrogen functional groups attached to an aromatic ring is 1. The Hall–Kier alpha value is -2.82. The molecule has 0 aliphatic rings. The van der Waals surface area contributed by atoms with Crippen molar-refractivity contribution in [2.24, 2.45) is 0 Å². The van der Waals surface area contributed by atoms with Crippen LogP contribution in [0.4, 0.5) is 11.4 Å². The van der Waals surface area contributed by atoms with E-state index < -0.39 is 11.8 Å². The van der Waals surface area contributed by atoms with Crippen molar-refractivity contribution in [3.8, 4) is 0 Å². The smallest absolute Gasteiger partial charge is 0.313 e. The highest BCUT2D eigenvalue weighted by Gasteiger charge is 2.14. The second-order valence-electron chi connectivity index (χ2n) is 4.71. The third-order valence-electron chi connectivity index (χ3n) is 2.96.